The van der Waals surface area contributed by atoms with Gasteiger partial charge in [0.25, 0.3) is 0 Å². The molecule has 0 fully saturated rings. The maximum absolute atomic E-state index is 11.8. The normalized spacial score (nSPS) is 11.2. The number of carbonyl (C=O) groups is 3. The van der Waals surface area contributed by atoms with E-state index in [0.29, 0.717) is 12.2 Å². The van der Waals surface area contributed by atoms with Crippen molar-refractivity contribution in [1.82, 2.24) is 4.57 Å². The molecule has 1 aromatic carbocycles. The standard InChI is InChI=1S/C19H21N3O4/c1-13(23)17-9-10-22(12-26-11-16-7-5-4-6-8-16)19(17)21-20-18(14(2)24)15(3)25/h4-10,18H,11-12H2,1-3H3/b21-20+. The van der Waals surface area contributed by atoms with Crippen molar-refractivity contribution in [2.45, 2.75) is 40.2 Å². The lowest BCUT2D eigenvalue weighted by Crippen LogP contribution is -2.23. The molecule has 0 amide bonds. The molecule has 1 heterocycles. The fourth-order valence-electron chi connectivity index (χ4n) is 2.35. The Morgan fingerprint density at radius 3 is 2.27 bits per heavy atom. The van der Waals surface area contributed by atoms with Crippen LogP contribution in [0.1, 0.15) is 36.7 Å². The fourth-order valence-corrected chi connectivity index (χ4v) is 2.35. The molecular formula is C19H21N3O4. The number of carbonyl (C=O) groups excluding carboxylic acids is 3. The minimum absolute atomic E-state index is 0.154. The Morgan fingerprint density at radius 1 is 1.04 bits per heavy atom. The average molecular weight is 355 g/mol. The van der Waals surface area contributed by atoms with Crippen LogP contribution in [-0.4, -0.2) is 28.0 Å². The van der Waals surface area contributed by atoms with Crippen LogP contribution in [0.2, 0.25) is 0 Å². The van der Waals surface area contributed by atoms with Gasteiger partial charge >= 0.3 is 0 Å². The van der Waals surface area contributed by atoms with E-state index in [4.69, 9.17) is 4.74 Å². The molecule has 1 aromatic heterocycles. The molecule has 0 aliphatic rings. The number of hydrogen-bond acceptors (Lipinski definition) is 6. The number of aromatic nitrogens is 1. The SMILES string of the molecule is CC(=O)c1ccn(COCc2ccccc2)c1/N=N/C(C(C)=O)C(C)=O. The van der Waals surface area contributed by atoms with Gasteiger partial charge in [-0.1, -0.05) is 30.3 Å². The molecule has 7 heteroatoms. The van der Waals surface area contributed by atoms with E-state index >= 15 is 0 Å². The Hall–Kier alpha value is -2.93. The van der Waals surface area contributed by atoms with Gasteiger partial charge in [-0.3, -0.25) is 14.4 Å². The van der Waals surface area contributed by atoms with Crippen molar-refractivity contribution in [1.29, 1.82) is 0 Å². The lowest BCUT2D eigenvalue weighted by molar-refractivity contribution is -0.126. The molecule has 0 aliphatic heterocycles. The van der Waals surface area contributed by atoms with Crippen molar-refractivity contribution >= 4 is 23.2 Å². The number of ether oxygens (including phenoxy) is 1. The van der Waals surface area contributed by atoms with Crippen LogP contribution in [0.5, 0.6) is 0 Å². The summed E-state index contributed by atoms with van der Waals surface area (Å²) < 4.78 is 7.27. The summed E-state index contributed by atoms with van der Waals surface area (Å²) in [6, 6.07) is 10.1. The van der Waals surface area contributed by atoms with Crippen LogP contribution in [0.4, 0.5) is 5.82 Å². The second kappa shape index (κ2) is 8.96. The zero-order valence-electron chi connectivity index (χ0n) is 15.0. The lowest BCUT2D eigenvalue weighted by Gasteiger charge is -2.09. The molecule has 0 aliphatic carbocycles. The van der Waals surface area contributed by atoms with Crippen LogP contribution < -0.4 is 0 Å². The molecule has 2 aromatic rings. The molecule has 26 heavy (non-hydrogen) atoms. The number of rotatable bonds is 9. The Labute approximate surface area is 151 Å². The predicted octanol–water partition coefficient (Wildman–Crippen LogP) is 3.50. The number of nitrogens with zero attached hydrogens (tertiary/aromatic N) is 3. The highest BCUT2D eigenvalue weighted by molar-refractivity contribution is 6.04. The third-order valence-electron chi connectivity index (χ3n) is 3.69. The third-order valence-corrected chi connectivity index (χ3v) is 3.69. The molecule has 0 unspecified atom stereocenters. The van der Waals surface area contributed by atoms with Gasteiger partial charge in [0.2, 0.25) is 0 Å². The molecule has 0 radical (unpaired) electrons. The molecule has 0 saturated heterocycles. The second-order valence-electron chi connectivity index (χ2n) is 5.88. The molecule has 2 rings (SSSR count). The van der Waals surface area contributed by atoms with Crippen molar-refractivity contribution in [3.05, 3.63) is 53.7 Å². The highest BCUT2D eigenvalue weighted by atomic mass is 16.5. The van der Waals surface area contributed by atoms with E-state index in [0.717, 1.165) is 5.56 Å². The molecule has 7 nitrogen and oxygen atoms in total. The smallest absolute Gasteiger partial charge is 0.187 e. The first-order valence-electron chi connectivity index (χ1n) is 8.13. The zero-order valence-corrected chi connectivity index (χ0v) is 15.0. The van der Waals surface area contributed by atoms with E-state index in [-0.39, 0.29) is 18.3 Å². The minimum Gasteiger partial charge on any atom is -0.356 e. The summed E-state index contributed by atoms with van der Waals surface area (Å²) in [5.41, 5.74) is 1.37. The number of benzene rings is 1. The molecule has 0 spiro atoms. The van der Waals surface area contributed by atoms with Crippen molar-refractivity contribution in [3.63, 3.8) is 0 Å². The molecule has 0 bridgehead atoms. The number of hydrogen-bond donors (Lipinski definition) is 0. The summed E-state index contributed by atoms with van der Waals surface area (Å²) in [5, 5.41) is 7.83. The molecule has 0 atom stereocenters. The minimum atomic E-state index is -1.16. The van der Waals surface area contributed by atoms with Crippen molar-refractivity contribution in [3.8, 4) is 0 Å². The summed E-state index contributed by atoms with van der Waals surface area (Å²) in [5.74, 6) is -0.728. The maximum atomic E-state index is 11.8. The van der Waals surface area contributed by atoms with E-state index in [1.807, 2.05) is 30.3 Å². The first-order chi connectivity index (χ1) is 12.4. The molecular weight excluding hydrogens is 334 g/mol. The van der Waals surface area contributed by atoms with Gasteiger partial charge in [-0.15, -0.1) is 5.11 Å². The predicted molar refractivity (Wildman–Crippen MR) is 95.3 cm³/mol. The highest BCUT2D eigenvalue weighted by Crippen LogP contribution is 2.23. The number of azo groups is 1. The fraction of sp³-hybridized carbons (Fsp3) is 0.316. The Morgan fingerprint density at radius 2 is 1.69 bits per heavy atom. The van der Waals surface area contributed by atoms with E-state index < -0.39 is 17.6 Å². The Bertz CT molecular complexity index is 811. The summed E-state index contributed by atoms with van der Waals surface area (Å²) in [6.45, 7) is 4.52. The van der Waals surface area contributed by atoms with Crippen LogP contribution >= 0.6 is 0 Å². The topological polar surface area (TPSA) is 90.1 Å². The summed E-state index contributed by atoms with van der Waals surface area (Å²) >= 11 is 0. The van der Waals surface area contributed by atoms with Gasteiger partial charge in [0.05, 0.1) is 12.2 Å². The van der Waals surface area contributed by atoms with Gasteiger partial charge in [0.15, 0.2) is 29.2 Å². The van der Waals surface area contributed by atoms with Crippen LogP contribution in [0.3, 0.4) is 0 Å². The third kappa shape index (κ3) is 5.03. The van der Waals surface area contributed by atoms with Crippen LogP contribution in [0, 0.1) is 0 Å². The highest BCUT2D eigenvalue weighted by Gasteiger charge is 2.20. The summed E-state index contributed by atoms with van der Waals surface area (Å²) in [7, 11) is 0. The Kier molecular flexibility index (Phi) is 6.68. The average Bonchev–Trinajstić information content (AvgIpc) is 2.98. The van der Waals surface area contributed by atoms with Crippen molar-refractivity contribution in [2.75, 3.05) is 0 Å². The molecule has 0 saturated carbocycles. The van der Waals surface area contributed by atoms with Gasteiger partial charge < -0.3 is 9.30 Å². The van der Waals surface area contributed by atoms with Crippen molar-refractivity contribution < 1.29 is 19.1 Å². The zero-order chi connectivity index (χ0) is 19.1. The van der Waals surface area contributed by atoms with Gasteiger partial charge in [0.1, 0.15) is 6.73 Å². The summed E-state index contributed by atoms with van der Waals surface area (Å²) in [6.07, 6.45) is 1.66. The van der Waals surface area contributed by atoms with Gasteiger partial charge in [-0.05, 0) is 32.4 Å². The van der Waals surface area contributed by atoms with E-state index in [1.165, 1.54) is 20.8 Å². The van der Waals surface area contributed by atoms with E-state index in [9.17, 15) is 14.4 Å². The quantitative estimate of drug-likeness (QED) is 0.391. The Balaban J connectivity index is 2.18. The largest absolute Gasteiger partial charge is 0.356 e. The molecule has 0 N–H and O–H groups in total. The monoisotopic (exact) mass is 355 g/mol. The van der Waals surface area contributed by atoms with Crippen molar-refractivity contribution in [2.24, 2.45) is 10.2 Å². The summed E-state index contributed by atoms with van der Waals surface area (Å²) in [4.78, 5) is 34.8. The second-order valence-corrected chi connectivity index (χ2v) is 5.88. The van der Waals surface area contributed by atoms with Crippen LogP contribution in [0.25, 0.3) is 0 Å². The van der Waals surface area contributed by atoms with Gasteiger partial charge in [0, 0.05) is 6.20 Å². The molecule has 136 valence electrons. The number of ketones is 3. The van der Waals surface area contributed by atoms with E-state index in [1.54, 1.807) is 16.8 Å². The first-order valence-corrected chi connectivity index (χ1v) is 8.13. The number of Topliss-reactive ketones (excluding diaryl/α,β-unsaturated/α-hetero) is 3. The lowest BCUT2D eigenvalue weighted by atomic mass is 10.1. The first kappa shape index (κ1) is 19.4. The van der Waals surface area contributed by atoms with Crippen LogP contribution in [0.15, 0.2) is 52.8 Å². The maximum Gasteiger partial charge on any atom is 0.187 e. The van der Waals surface area contributed by atoms with Crippen LogP contribution in [-0.2, 0) is 27.7 Å². The van der Waals surface area contributed by atoms with Gasteiger partial charge in [-0.2, -0.15) is 5.11 Å². The van der Waals surface area contributed by atoms with Gasteiger partial charge in [-0.25, -0.2) is 0 Å². The van der Waals surface area contributed by atoms with E-state index in [2.05, 4.69) is 10.2 Å².